The minimum Gasteiger partial charge on any atom is -0.388 e. The molecule has 6 aromatic carbocycles. The minimum absolute atomic E-state index is 0. The van der Waals surface area contributed by atoms with Gasteiger partial charge in [0.25, 0.3) is 0 Å². The number of anilines is 4. The number of halogens is 4. The van der Waals surface area contributed by atoms with Gasteiger partial charge in [0.2, 0.25) is 0 Å². The molecule has 0 bridgehead atoms. The molecule has 0 N–H and O–H groups in total. The quantitative estimate of drug-likeness (QED) is 0.0857. The molecule has 0 fully saturated rings. The molecule has 0 radical (unpaired) electrons. The first-order chi connectivity index (χ1) is 28.0. The summed E-state index contributed by atoms with van der Waals surface area (Å²) >= 11 is 0. The van der Waals surface area contributed by atoms with Gasteiger partial charge in [0, 0.05) is 47.7 Å². The van der Waals surface area contributed by atoms with E-state index in [1.54, 1.807) is 0 Å². The average molecular weight is 823 g/mol. The van der Waals surface area contributed by atoms with Crippen molar-refractivity contribution < 1.29 is 39.3 Å². The van der Waals surface area contributed by atoms with Gasteiger partial charge in [-0.2, -0.15) is 12.2 Å². The Balaban J connectivity index is 0.000000207. The molecule has 296 valence electrons. The standard InChI is InChI=1S/2C21H18F2N.2C5H5.Ti/c2*1-15-3-7-17(8-4-15)14-24(19-10-5-16(2)6-11-19)21-12-9-18(22)13-20(21)23;2*1-2-4-5-3-1;/h2*3-12H,14H2,1-2H3;2*1-3H,4H2;/q4*-1;+4. The minimum atomic E-state index is -0.699. The molecule has 0 amide bonds. The van der Waals surface area contributed by atoms with Gasteiger partial charge < -0.3 is 9.80 Å². The Kier molecular flexibility index (Phi) is 18.4. The fourth-order valence-corrected chi connectivity index (χ4v) is 5.80. The van der Waals surface area contributed by atoms with Gasteiger partial charge in [-0.05, 0) is 74.5 Å². The Morgan fingerprint density at radius 1 is 0.441 bits per heavy atom. The summed E-state index contributed by atoms with van der Waals surface area (Å²) in [6.07, 6.45) is 20.0. The summed E-state index contributed by atoms with van der Waals surface area (Å²) in [6.45, 7) is 9.02. The zero-order valence-corrected chi connectivity index (χ0v) is 35.3. The third kappa shape index (κ3) is 14.9. The van der Waals surface area contributed by atoms with Crippen molar-refractivity contribution in [3.8, 4) is 0 Å². The molecular formula is C52H46F4N2Ti. The van der Waals surface area contributed by atoms with Crippen LogP contribution in [0.5, 0.6) is 0 Å². The molecule has 2 aliphatic rings. The maximum Gasteiger partial charge on any atom is 4.00 e. The molecule has 2 aliphatic carbocycles. The number of benzene rings is 6. The fraction of sp³-hybridized carbons (Fsp3) is 0.154. The van der Waals surface area contributed by atoms with Crippen molar-refractivity contribution in [1.82, 2.24) is 0 Å². The van der Waals surface area contributed by atoms with E-state index >= 15 is 0 Å². The summed E-state index contributed by atoms with van der Waals surface area (Å²) < 4.78 is 55.0. The molecule has 7 heteroatoms. The van der Waals surface area contributed by atoms with Gasteiger partial charge in [0.05, 0.1) is 0 Å². The molecule has 0 saturated carbocycles. The Morgan fingerprint density at radius 2 is 0.763 bits per heavy atom. The molecule has 0 atom stereocenters. The van der Waals surface area contributed by atoms with Crippen LogP contribution in [0.3, 0.4) is 0 Å². The van der Waals surface area contributed by atoms with E-state index in [1.165, 1.54) is 35.4 Å². The SMILES string of the molecule is Cc1ccc(CN(c2ccc(C)cc2)c2ccc(F)[c-]c2F)cc1.Cc1ccc(CN(c2ccc(C)cc2)c2ccc(F)[c-]c2F)cc1.[C-]1=CC=CC1.[C-]1=CC=CC1.[Ti+4]. The topological polar surface area (TPSA) is 6.48 Å². The van der Waals surface area contributed by atoms with Gasteiger partial charge in [-0.1, -0.05) is 95.1 Å². The predicted molar refractivity (Wildman–Crippen MR) is 230 cm³/mol. The van der Waals surface area contributed by atoms with Gasteiger partial charge in [-0.15, -0.1) is 49.2 Å². The van der Waals surface area contributed by atoms with E-state index in [0.717, 1.165) is 46.5 Å². The third-order valence-electron chi connectivity index (χ3n) is 9.05. The first-order valence-corrected chi connectivity index (χ1v) is 19.0. The number of rotatable bonds is 8. The van der Waals surface area contributed by atoms with Crippen molar-refractivity contribution in [1.29, 1.82) is 0 Å². The normalized spacial score (nSPS) is 11.7. The summed E-state index contributed by atoms with van der Waals surface area (Å²) in [7, 11) is 0. The van der Waals surface area contributed by atoms with E-state index in [2.05, 4.69) is 36.4 Å². The van der Waals surface area contributed by atoms with Crippen LogP contribution in [0.1, 0.15) is 46.2 Å². The first-order valence-electron chi connectivity index (χ1n) is 19.0. The number of allylic oxidation sites excluding steroid dienone is 8. The van der Waals surface area contributed by atoms with Crippen molar-refractivity contribution in [2.45, 2.75) is 53.6 Å². The summed E-state index contributed by atoms with van der Waals surface area (Å²) in [4.78, 5) is 3.66. The number of hydrogen-bond acceptors (Lipinski definition) is 2. The van der Waals surface area contributed by atoms with Gasteiger partial charge in [-0.3, -0.25) is 12.2 Å². The van der Waals surface area contributed by atoms with Gasteiger partial charge in [-0.25, -0.2) is 41.9 Å². The van der Waals surface area contributed by atoms with Crippen LogP contribution in [0.4, 0.5) is 40.3 Å². The molecule has 0 saturated heterocycles. The second-order valence-corrected chi connectivity index (χ2v) is 13.8. The number of aryl methyl sites for hydroxylation is 4. The van der Waals surface area contributed by atoms with E-state index < -0.39 is 23.3 Å². The van der Waals surface area contributed by atoms with Crippen LogP contribution in [0, 0.1) is 75.2 Å². The van der Waals surface area contributed by atoms with Crippen LogP contribution >= 0.6 is 0 Å². The van der Waals surface area contributed by atoms with Gasteiger partial charge >= 0.3 is 21.7 Å². The average Bonchev–Trinajstić information content (AvgIpc) is 4.01. The summed E-state index contributed by atoms with van der Waals surface area (Å²) in [6, 6.07) is 41.4. The summed E-state index contributed by atoms with van der Waals surface area (Å²) in [5.41, 5.74) is 8.99. The maximum absolute atomic E-state index is 14.3. The summed E-state index contributed by atoms with van der Waals surface area (Å²) in [5, 5.41) is 0. The van der Waals surface area contributed by atoms with E-state index in [1.807, 2.05) is 159 Å². The van der Waals surface area contributed by atoms with Crippen LogP contribution < -0.4 is 9.80 Å². The largest absolute Gasteiger partial charge is 4.00 e. The molecule has 2 nitrogen and oxygen atoms in total. The Hall–Kier alpha value is -5.69. The van der Waals surface area contributed by atoms with Gasteiger partial charge in [0.1, 0.15) is 0 Å². The van der Waals surface area contributed by atoms with Crippen LogP contribution in [0.2, 0.25) is 0 Å². The number of nitrogens with zero attached hydrogens (tertiary/aromatic N) is 2. The third-order valence-corrected chi connectivity index (χ3v) is 9.05. The molecule has 0 aromatic heterocycles. The van der Waals surface area contributed by atoms with E-state index in [9.17, 15) is 17.6 Å². The predicted octanol–water partition coefficient (Wildman–Crippen LogP) is 14.0. The Labute approximate surface area is 362 Å². The molecule has 8 rings (SSSR count). The number of hydrogen-bond donors (Lipinski definition) is 0. The molecule has 59 heavy (non-hydrogen) atoms. The molecule has 0 aliphatic heterocycles. The van der Waals surface area contributed by atoms with E-state index in [-0.39, 0.29) is 21.7 Å². The van der Waals surface area contributed by atoms with E-state index in [0.29, 0.717) is 24.5 Å². The van der Waals surface area contributed by atoms with Crippen molar-refractivity contribution in [3.63, 3.8) is 0 Å². The van der Waals surface area contributed by atoms with Gasteiger partial charge in [0.15, 0.2) is 0 Å². The Bertz CT molecular complexity index is 2130. The maximum atomic E-state index is 14.3. The van der Waals surface area contributed by atoms with E-state index in [4.69, 9.17) is 0 Å². The van der Waals surface area contributed by atoms with Crippen LogP contribution in [0.25, 0.3) is 0 Å². The molecule has 6 aromatic rings. The Morgan fingerprint density at radius 3 is 1.02 bits per heavy atom. The van der Waals surface area contributed by atoms with Crippen molar-refractivity contribution in [3.05, 3.63) is 239 Å². The van der Waals surface area contributed by atoms with Crippen LogP contribution in [0.15, 0.2) is 158 Å². The molecular weight excluding hydrogens is 776 g/mol. The van der Waals surface area contributed by atoms with Crippen molar-refractivity contribution in [2.75, 3.05) is 9.80 Å². The molecule has 0 spiro atoms. The molecule has 0 heterocycles. The zero-order valence-electron chi connectivity index (χ0n) is 33.7. The molecule has 0 unspecified atom stereocenters. The van der Waals surface area contributed by atoms with Crippen molar-refractivity contribution >= 4 is 22.7 Å². The fourth-order valence-electron chi connectivity index (χ4n) is 5.80. The van der Waals surface area contributed by atoms with Crippen LogP contribution in [-0.4, -0.2) is 0 Å². The second-order valence-electron chi connectivity index (χ2n) is 13.8. The monoisotopic (exact) mass is 822 g/mol. The smallest absolute Gasteiger partial charge is 0.388 e. The first kappa shape index (κ1) is 46.0. The zero-order chi connectivity index (χ0) is 41.3. The second kappa shape index (κ2) is 23.7. The van der Waals surface area contributed by atoms with Crippen LogP contribution in [-0.2, 0) is 34.8 Å². The van der Waals surface area contributed by atoms with Crippen molar-refractivity contribution in [2.24, 2.45) is 0 Å². The summed E-state index contributed by atoms with van der Waals surface area (Å²) in [5.74, 6) is -2.78.